The van der Waals surface area contributed by atoms with Crippen molar-refractivity contribution in [2.75, 3.05) is 38.6 Å². The highest BCUT2D eigenvalue weighted by Gasteiger charge is 2.28. The van der Waals surface area contributed by atoms with E-state index in [0.29, 0.717) is 6.17 Å². The largest absolute Gasteiger partial charge is 0.350 e. The lowest BCUT2D eigenvalue weighted by atomic mass is 10.0. The van der Waals surface area contributed by atoms with E-state index < -0.39 is 0 Å². The van der Waals surface area contributed by atoms with E-state index in [4.69, 9.17) is 16.7 Å². The molecule has 0 spiro atoms. The number of rotatable bonds is 4. The normalized spacial score (nSPS) is 18.0. The fraction of sp³-hybridized carbons (Fsp3) is 0.300. The SMILES string of the molecule is CNC1CN(c2n[nH]c(-c3ccc(Cl)cc3)c2-c2ccncc2)CCN1C. The van der Waals surface area contributed by atoms with Gasteiger partial charge in [-0.25, -0.2) is 0 Å². The first kappa shape index (κ1) is 18.0. The third-order valence-electron chi connectivity index (χ3n) is 5.13. The molecule has 2 N–H and O–H groups in total. The van der Waals surface area contributed by atoms with Gasteiger partial charge in [0, 0.05) is 42.6 Å². The predicted octanol–water partition coefficient (Wildman–Crippen LogP) is 3.09. The number of anilines is 1. The van der Waals surface area contributed by atoms with Crippen molar-refractivity contribution in [1.29, 1.82) is 0 Å². The highest BCUT2D eigenvalue weighted by Crippen LogP contribution is 2.38. The maximum atomic E-state index is 6.07. The number of aromatic nitrogens is 3. The summed E-state index contributed by atoms with van der Waals surface area (Å²) in [6, 6.07) is 11.9. The number of nitrogens with one attached hydrogen (secondary N) is 2. The predicted molar refractivity (Wildman–Crippen MR) is 110 cm³/mol. The Balaban J connectivity index is 1.79. The molecule has 2 aromatic heterocycles. The van der Waals surface area contributed by atoms with Gasteiger partial charge in [-0.2, -0.15) is 5.10 Å². The molecule has 1 atom stereocenters. The van der Waals surface area contributed by atoms with Crippen molar-refractivity contribution in [3.05, 3.63) is 53.8 Å². The lowest BCUT2D eigenvalue weighted by molar-refractivity contribution is 0.193. The fourth-order valence-corrected chi connectivity index (χ4v) is 3.68. The third-order valence-corrected chi connectivity index (χ3v) is 5.38. The van der Waals surface area contributed by atoms with Crippen LogP contribution in [0.15, 0.2) is 48.8 Å². The van der Waals surface area contributed by atoms with Crippen LogP contribution in [0.5, 0.6) is 0 Å². The van der Waals surface area contributed by atoms with Gasteiger partial charge in [0.05, 0.1) is 17.4 Å². The molecule has 140 valence electrons. The van der Waals surface area contributed by atoms with Gasteiger partial charge in [-0.05, 0) is 43.9 Å². The van der Waals surface area contributed by atoms with E-state index >= 15 is 0 Å². The van der Waals surface area contributed by atoms with E-state index in [2.05, 4.69) is 32.2 Å². The molecule has 1 fully saturated rings. The Labute approximate surface area is 164 Å². The van der Waals surface area contributed by atoms with Crippen LogP contribution < -0.4 is 10.2 Å². The van der Waals surface area contributed by atoms with E-state index in [1.54, 1.807) is 0 Å². The van der Waals surface area contributed by atoms with Gasteiger partial charge in [-0.3, -0.25) is 15.0 Å². The molecule has 7 heteroatoms. The first-order chi connectivity index (χ1) is 13.2. The van der Waals surface area contributed by atoms with Gasteiger partial charge in [0.1, 0.15) is 0 Å². The van der Waals surface area contributed by atoms with Crippen molar-refractivity contribution in [2.24, 2.45) is 0 Å². The Hall–Kier alpha value is -2.41. The molecule has 4 rings (SSSR count). The number of pyridine rings is 1. The first-order valence-corrected chi connectivity index (χ1v) is 9.42. The first-order valence-electron chi connectivity index (χ1n) is 9.04. The summed E-state index contributed by atoms with van der Waals surface area (Å²) < 4.78 is 0. The summed E-state index contributed by atoms with van der Waals surface area (Å²) in [7, 11) is 4.14. The van der Waals surface area contributed by atoms with Crippen molar-refractivity contribution in [3.8, 4) is 22.4 Å². The van der Waals surface area contributed by atoms with Crippen LogP contribution in [0, 0.1) is 0 Å². The molecule has 1 aromatic carbocycles. The smallest absolute Gasteiger partial charge is 0.159 e. The molecule has 6 nitrogen and oxygen atoms in total. The summed E-state index contributed by atoms with van der Waals surface area (Å²) in [5.41, 5.74) is 4.25. The Morgan fingerprint density at radius 3 is 2.52 bits per heavy atom. The number of aromatic amines is 1. The van der Waals surface area contributed by atoms with Crippen LogP contribution in [0.2, 0.25) is 5.02 Å². The molecule has 0 saturated carbocycles. The average Bonchev–Trinajstić information content (AvgIpc) is 3.14. The topological polar surface area (TPSA) is 60.1 Å². The highest BCUT2D eigenvalue weighted by molar-refractivity contribution is 6.30. The lowest BCUT2D eigenvalue weighted by Gasteiger charge is -2.39. The molecular formula is C20H23ClN6. The molecule has 0 radical (unpaired) electrons. The summed E-state index contributed by atoms with van der Waals surface area (Å²) in [5, 5.41) is 12.1. The maximum Gasteiger partial charge on any atom is 0.159 e. The van der Waals surface area contributed by atoms with Crippen LogP contribution in [0.3, 0.4) is 0 Å². The average molecular weight is 383 g/mol. The summed E-state index contributed by atoms with van der Waals surface area (Å²) >= 11 is 6.07. The van der Waals surface area contributed by atoms with Crippen molar-refractivity contribution in [1.82, 2.24) is 25.4 Å². The second kappa shape index (κ2) is 7.68. The van der Waals surface area contributed by atoms with Gasteiger partial charge >= 0.3 is 0 Å². The van der Waals surface area contributed by atoms with Gasteiger partial charge in [-0.15, -0.1) is 0 Å². The van der Waals surface area contributed by atoms with Gasteiger partial charge in [0.2, 0.25) is 0 Å². The summed E-state index contributed by atoms with van der Waals surface area (Å²) in [6.45, 7) is 2.78. The quantitative estimate of drug-likeness (QED) is 0.726. The second-order valence-electron chi connectivity index (χ2n) is 6.77. The molecular weight excluding hydrogens is 360 g/mol. The molecule has 27 heavy (non-hydrogen) atoms. The van der Waals surface area contributed by atoms with Gasteiger partial charge in [0.15, 0.2) is 5.82 Å². The van der Waals surface area contributed by atoms with Crippen LogP contribution in [0.4, 0.5) is 5.82 Å². The Morgan fingerprint density at radius 1 is 1.07 bits per heavy atom. The van der Waals surface area contributed by atoms with Crippen molar-refractivity contribution >= 4 is 17.4 Å². The zero-order chi connectivity index (χ0) is 18.8. The lowest BCUT2D eigenvalue weighted by Crippen LogP contribution is -2.57. The molecule has 1 aliphatic rings. The minimum atomic E-state index is 0.291. The number of piperazine rings is 1. The van der Waals surface area contributed by atoms with E-state index in [1.165, 1.54) is 0 Å². The van der Waals surface area contributed by atoms with Crippen LogP contribution in [0.25, 0.3) is 22.4 Å². The fourth-order valence-electron chi connectivity index (χ4n) is 3.56. The van der Waals surface area contributed by atoms with Crippen molar-refractivity contribution in [2.45, 2.75) is 6.17 Å². The number of hydrogen-bond acceptors (Lipinski definition) is 5. The monoisotopic (exact) mass is 382 g/mol. The number of halogens is 1. The van der Waals surface area contributed by atoms with E-state index in [-0.39, 0.29) is 0 Å². The molecule has 3 heterocycles. The Bertz CT molecular complexity index is 893. The molecule has 0 bridgehead atoms. The molecule has 1 unspecified atom stereocenters. The molecule has 0 aliphatic carbocycles. The summed E-state index contributed by atoms with van der Waals surface area (Å²) in [5.74, 6) is 0.972. The highest BCUT2D eigenvalue weighted by atomic mass is 35.5. The summed E-state index contributed by atoms with van der Waals surface area (Å²) in [6.07, 6.45) is 3.93. The van der Waals surface area contributed by atoms with Crippen LogP contribution in [0.1, 0.15) is 0 Å². The van der Waals surface area contributed by atoms with E-state index in [9.17, 15) is 0 Å². The third kappa shape index (κ3) is 3.56. The van der Waals surface area contributed by atoms with E-state index in [0.717, 1.165) is 52.9 Å². The van der Waals surface area contributed by atoms with Crippen LogP contribution in [-0.4, -0.2) is 60.0 Å². The standard InChI is InChI=1S/C20H23ClN6/c1-22-17-13-27(12-11-26(17)2)20-18(14-7-9-23-10-8-14)19(24-25-20)15-3-5-16(21)6-4-15/h3-10,17,22H,11-13H2,1-2H3,(H,24,25). The number of hydrogen-bond donors (Lipinski definition) is 2. The number of benzene rings is 1. The zero-order valence-corrected chi connectivity index (χ0v) is 16.2. The Kier molecular flexibility index (Phi) is 5.11. The van der Waals surface area contributed by atoms with E-state index in [1.807, 2.05) is 55.8 Å². The van der Waals surface area contributed by atoms with Crippen LogP contribution in [-0.2, 0) is 0 Å². The minimum Gasteiger partial charge on any atom is -0.350 e. The van der Waals surface area contributed by atoms with Crippen molar-refractivity contribution in [3.63, 3.8) is 0 Å². The molecule has 1 aliphatic heterocycles. The van der Waals surface area contributed by atoms with Gasteiger partial charge in [0.25, 0.3) is 0 Å². The minimum absolute atomic E-state index is 0.291. The molecule has 1 saturated heterocycles. The Morgan fingerprint density at radius 2 is 1.81 bits per heavy atom. The number of nitrogens with zero attached hydrogens (tertiary/aromatic N) is 4. The van der Waals surface area contributed by atoms with Crippen LogP contribution >= 0.6 is 11.6 Å². The molecule has 0 amide bonds. The van der Waals surface area contributed by atoms with Crippen molar-refractivity contribution < 1.29 is 0 Å². The van der Waals surface area contributed by atoms with Gasteiger partial charge in [-0.1, -0.05) is 23.7 Å². The number of likely N-dealkylation sites (N-methyl/N-ethyl adjacent to an activating group) is 2. The van der Waals surface area contributed by atoms with Gasteiger partial charge < -0.3 is 10.2 Å². The number of H-pyrrole nitrogens is 1. The zero-order valence-electron chi connectivity index (χ0n) is 15.5. The second-order valence-corrected chi connectivity index (χ2v) is 7.21. The molecule has 3 aromatic rings. The summed E-state index contributed by atoms with van der Waals surface area (Å²) in [4.78, 5) is 8.84. The maximum absolute atomic E-state index is 6.07.